The van der Waals surface area contributed by atoms with Crippen molar-refractivity contribution in [2.75, 3.05) is 18.9 Å². The zero-order valence-electron chi connectivity index (χ0n) is 15.0. The molecule has 1 aliphatic heterocycles. The fourth-order valence-electron chi connectivity index (χ4n) is 3.66. The van der Waals surface area contributed by atoms with Gasteiger partial charge in [-0.1, -0.05) is 12.1 Å². The minimum atomic E-state index is -0.0154. The van der Waals surface area contributed by atoms with Crippen molar-refractivity contribution in [2.45, 2.75) is 32.4 Å². The summed E-state index contributed by atoms with van der Waals surface area (Å²) < 4.78 is 1.99. The van der Waals surface area contributed by atoms with Crippen LogP contribution in [0.1, 0.15) is 30.4 Å². The van der Waals surface area contributed by atoms with Crippen molar-refractivity contribution >= 4 is 22.8 Å². The van der Waals surface area contributed by atoms with Crippen LogP contribution in [0.4, 0.5) is 5.82 Å². The van der Waals surface area contributed by atoms with Crippen LogP contribution in [0.2, 0.25) is 0 Å². The van der Waals surface area contributed by atoms with E-state index in [1.807, 2.05) is 47.7 Å². The largest absolute Gasteiger partial charge is 0.372 e. The number of anilines is 1. The Bertz CT molecular complexity index is 950. The third-order valence-electron chi connectivity index (χ3n) is 4.96. The van der Waals surface area contributed by atoms with Crippen LogP contribution in [0.3, 0.4) is 0 Å². The molecule has 7 nitrogen and oxygen atoms in total. The molecule has 0 spiro atoms. The average Bonchev–Trinajstić information content (AvgIpc) is 3.27. The van der Waals surface area contributed by atoms with Crippen molar-refractivity contribution in [2.24, 2.45) is 0 Å². The molecule has 1 unspecified atom stereocenters. The molecule has 1 fully saturated rings. The lowest BCUT2D eigenvalue weighted by Gasteiger charge is -2.25. The average molecular weight is 350 g/mol. The van der Waals surface area contributed by atoms with Gasteiger partial charge in [0.05, 0.1) is 35.2 Å². The fourth-order valence-corrected chi connectivity index (χ4v) is 3.66. The number of hydrogen-bond acceptors (Lipinski definition) is 5. The van der Waals surface area contributed by atoms with Crippen molar-refractivity contribution in [3.8, 4) is 0 Å². The lowest BCUT2D eigenvalue weighted by molar-refractivity contribution is -0.132. The van der Waals surface area contributed by atoms with Crippen LogP contribution in [-0.2, 0) is 11.3 Å². The molecule has 26 heavy (non-hydrogen) atoms. The summed E-state index contributed by atoms with van der Waals surface area (Å²) in [4.78, 5) is 28.4. The van der Waals surface area contributed by atoms with Gasteiger partial charge in [0.15, 0.2) is 0 Å². The van der Waals surface area contributed by atoms with Crippen molar-refractivity contribution in [3.05, 3.63) is 48.2 Å². The molecule has 1 atom stereocenters. The van der Waals surface area contributed by atoms with Crippen LogP contribution in [-0.4, -0.2) is 43.9 Å². The van der Waals surface area contributed by atoms with Crippen LogP contribution in [0.5, 0.6) is 0 Å². The summed E-state index contributed by atoms with van der Waals surface area (Å²) in [6.07, 6.45) is 5.34. The summed E-state index contributed by atoms with van der Waals surface area (Å²) in [7, 11) is 1.82. The quantitative estimate of drug-likeness (QED) is 0.782. The molecular weight excluding hydrogens is 328 g/mol. The predicted molar refractivity (Wildman–Crippen MR) is 99.7 cm³/mol. The Balaban J connectivity index is 1.59. The van der Waals surface area contributed by atoms with E-state index in [1.54, 1.807) is 12.4 Å². The third-order valence-corrected chi connectivity index (χ3v) is 4.96. The number of fused-ring (bicyclic) bond motifs is 1. The van der Waals surface area contributed by atoms with Gasteiger partial charge in [-0.3, -0.25) is 9.78 Å². The highest BCUT2D eigenvalue weighted by atomic mass is 16.2. The van der Waals surface area contributed by atoms with Crippen LogP contribution in [0.25, 0.3) is 11.0 Å². The first-order chi connectivity index (χ1) is 12.7. The molecule has 4 rings (SSSR count). The lowest BCUT2D eigenvalue weighted by atomic mass is 10.1. The van der Waals surface area contributed by atoms with E-state index in [4.69, 9.17) is 0 Å². The van der Waals surface area contributed by atoms with E-state index in [-0.39, 0.29) is 11.9 Å². The van der Waals surface area contributed by atoms with Gasteiger partial charge in [0.2, 0.25) is 5.91 Å². The minimum Gasteiger partial charge on any atom is -0.372 e. The highest BCUT2D eigenvalue weighted by molar-refractivity contribution is 5.81. The molecule has 0 bridgehead atoms. The van der Waals surface area contributed by atoms with Crippen molar-refractivity contribution < 1.29 is 4.79 Å². The first kappa shape index (κ1) is 16.5. The Hall–Kier alpha value is -2.96. The van der Waals surface area contributed by atoms with Gasteiger partial charge in [-0.25, -0.2) is 9.97 Å². The van der Waals surface area contributed by atoms with E-state index in [2.05, 4.69) is 20.3 Å². The Kier molecular flexibility index (Phi) is 4.28. The second kappa shape index (κ2) is 6.74. The topological polar surface area (TPSA) is 75.9 Å². The molecule has 1 aliphatic rings. The summed E-state index contributed by atoms with van der Waals surface area (Å²) in [5.41, 5.74) is 2.75. The fraction of sp³-hybridized carbons (Fsp3) is 0.368. The number of carbonyl (C=O) groups is 1. The molecule has 1 saturated heterocycles. The second-order valence-corrected chi connectivity index (χ2v) is 6.56. The highest BCUT2D eigenvalue weighted by Crippen LogP contribution is 2.31. The normalized spacial score (nSPS) is 17.0. The summed E-state index contributed by atoms with van der Waals surface area (Å²) >= 11 is 0. The van der Waals surface area contributed by atoms with Gasteiger partial charge in [0.25, 0.3) is 0 Å². The molecule has 0 aliphatic carbocycles. The van der Waals surface area contributed by atoms with Gasteiger partial charge in [-0.05, 0) is 31.9 Å². The van der Waals surface area contributed by atoms with E-state index in [1.165, 1.54) is 0 Å². The zero-order chi connectivity index (χ0) is 18.1. The number of nitrogens with one attached hydrogen (secondary N) is 1. The van der Waals surface area contributed by atoms with Gasteiger partial charge in [-0.2, -0.15) is 0 Å². The number of aromatic nitrogens is 4. The van der Waals surface area contributed by atoms with Gasteiger partial charge >= 0.3 is 0 Å². The maximum atomic E-state index is 13.1. The number of imidazole rings is 1. The van der Waals surface area contributed by atoms with Crippen molar-refractivity contribution in [1.82, 2.24) is 24.4 Å². The van der Waals surface area contributed by atoms with Crippen molar-refractivity contribution in [3.63, 3.8) is 0 Å². The Morgan fingerprint density at radius 3 is 2.96 bits per heavy atom. The minimum absolute atomic E-state index is 0.0154. The molecule has 1 aromatic carbocycles. The highest BCUT2D eigenvalue weighted by Gasteiger charge is 2.31. The number of nitrogens with zero attached hydrogens (tertiary/aromatic N) is 5. The number of rotatable bonds is 4. The molecule has 3 heterocycles. The number of likely N-dealkylation sites (tertiary alicyclic amines) is 1. The number of carbonyl (C=O) groups excluding carboxylic acids is 1. The molecule has 0 radical (unpaired) electrons. The molecule has 7 heteroatoms. The van der Waals surface area contributed by atoms with E-state index in [9.17, 15) is 4.79 Å². The third kappa shape index (κ3) is 2.89. The lowest BCUT2D eigenvalue weighted by Crippen LogP contribution is -2.34. The first-order valence-corrected chi connectivity index (χ1v) is 8.88. The van der Waals surface area contributed by atoms with Gasteiger partial charge in [0.1, 0.15) is 18.2 Å². The van der Waals surface area contributed by atoms with Gasteiger partial charge in [0, 0.05) is 13.6 Å². The summed E-state index contributed by atoms with van der Waals surface area (Å²) in [6.45, 7) is 2.99. The molecule has 1 N–H and O–H groups in total. The summed E-state index contributed by atoms with van der Waals surface area (Å²) in [6, 6.07) is 7.90. The number of benzene rings is 1. The monoisotopic (exact) mass is 350 g/mol. The van der Waals surface area contributed by atoms with Crippen molar-refractivity contribution in [1.29, 1.82) is 0 Å². The first-order valence-electron chi connectivity index (χ1n) is 8.88. The zero-order valence-corrected chi connectivity index (χ0v) is 15.0. The second-order valence-electron chi connectivity index (χ2n) is 6.56. The summed E-state index contributed by atoms with van der Waals surface area (Å²) in [5.74, 6) is 1.67. The molecular formula is C19H22N6O. The smallest absolute Gasteiger partial charge is 0.243 e. The SMILES string of the molecule is CNc1cncc(C2CCCN2C(=O)Cn2c(C)nc3ccccc32)n1. The summed E-state index contributed by atoms with van der Waals surface area (Å²) in [5, 5.41) is 3.01. The maximum absolute atomic E-state index is 13.1. The van der Waals surface area contributed by atoms with E-state index in [0.29, 0.717) is 6.54 Å². The van der Waals surface area contributed by atoms with Gasteiger partial charge in [-0.15, -0.1) is 0 Å². The molecule has 3 aromatic rings. The Morgan fingerprint density at radius 1 is 1.27 bits per heavy atom. The van der Waals surface area contributed by atoms with Gasteiger partial charge < -0.3 is 14.8 Å². The molecule has 0 saturated carbocycles. The standard InChI is InChI=1S/C19H22N6O/c1-13-22-14-6-3-4-7-16(14)25(13)12-19(26)24-9-5-8-17(24)15-10-21-11-18(20-2)23-15/h3-4,6-7,10-11,17H,5,8-9,12H2,1-2H3,(H,20,23). The van der Waals surface area contributed by atoms with Crippen LogP contribution >= 0.6 is 0 Å². The van der Waals surface area contributed by atoms with E-state index < -0.39 is 0 Å². The van der Waals surface area contributed by atoms with Crippen LogP contribution in [0.15, 0.2) is 36.7 Å². The maximum Gasteiger partial charge on any atom is 0.243 e. The van der Waals surface area contributed by atoms with E-state index >= 15 is 0 Å². The molecule has 2 aromatic heterocycles. The number of amides is 1. The molecule has 134 valence electrons. The van der Waals surface area contributed by atoms with Crippen LogP contribution in [0, 0.1) is 6.92 Å². The predicted octanol–water partition coefficient (Wildman–Crippen LogP) is 2.54. The Morgan fingerprint density at radius 2 is 2.12 bits per heavy atom. The number of para-hydroxylation sites is 2. The number of aryl methyl sites for hydroxylation is 1. The Labute approximate surface area is 152 Å². The number of hydrogen-bond donors (Lipinski definition) is 1. The van der Waals surface area contributed by atoms with Crippen LogP contribution < -0.4 is 5.32 Å². The van der Waals surface area contributed by atoms with E-state index in [0.717, 1.165) is 47.8 Å². The molecule has 1 amide bonds.